The van der Waals surface area contributed by atoms with Crippen LogP contribution >= 0.6 is 22.7 Å². The van der Waals surface area contributed by atoms with E-state index in [4.69, 9.17) is 0 Å². The standard InChI is InChI=1S/C40H18F4N2O4S2/c1-45-19(11-25-35(47)21-3-15-7-27(41)28(42)8-16(15)4-22(21)36(25)48)13-31-33(45)39-40(51-31)34-32(52-39)14-20(46(34)2)12-26-37(49)23-5-17-9-29(43)30(44)10-18(17)6-24(23)38(26)50/h3-14H,1-2H3. The van der Waals surface area contributed by atoms with Crippen molar-refractivity contribution in [2.75, 3.05) is 0 Å². The second-order valence-electron chi connectivity index (χ2n) is 13.0. The maximum absolute atomic E-state index is 13.9. The number of nitrogens with zero attached hydrogens (tertiary/aromatic N) is 2. The molecule has 10 rings (SSSR count). The van der Waals surface area contributed by atoms with E-state index >= 15 is 0 Å². The highest BCUT2D eigenvalue weighted by Gasteiger charge is 2.35. The minimum atomic E-state index is -1.04. The first-order valence-corrected chi connectivity index (χ1v) is 17.5. The number of carbonyl (C=O) groups excluding carboxylic acids is 4. The molecule has 8 aromatic rings. The second kappa shape index (κ2) is 10.3. The van der Waals surface area contributed by atoms with Gasteiger partial charge in [-0.3, -0.25) is 19.2 Å². The minimum absolute atomic E-state index is 0.0321. The van der Waals surface area contributed by atoms with E-state index in [1.165, 1.54) is 46.9 Å². The van der Waals surface area contributed by atoms with Crippen LogP contribution in [-0.2, 0) is 14.1 Å². The normalized spacial score (nSPS) is 14.4. The molecule has 2 aliphatic rings. The number of aryl methyl sites for hydroxylation is 2. The molecule has 0 N–H and O–H groups in total. The van der Waals surface area contributed by atoms with Crippen LogP contribution in [0.25, 0.3) is 63.5 Å². The summed E-state index contributed by atoms with van der Waals surface area (Å²) < 4.78 is 63.2. The quantitative estimate of drug-likeness (QED) is 0.101. The molecule has 0 aliphatic heterocycles. The molecule has 2 aliphatic carbocycles. The number of benzene rings is 4. The summed E-state index contributed by atoms with van der Waals surface area (Å²) in [6, 6.07) is 13.5. The van der Waals surface area contributed by atoms with E-state index in [-0.39, 0.29) is 33.4 Å². The first-order chi connectivity index (χ1) is 24.9. The Morgan fingerprint density at radius 2 is 0.750 bits per heavy atom. The number of ketones is 4. The number of hydrogen-bond donors (Lipinski definition) is 0. The smallest absolute Gasteiger partial charge is 0.197 e. The van der Waals surface area contributed by atoms with E-state index in [0.29, 0.717) is 32.9 Å². The highest BCUT2D eigenvalue weighted by atomic mass is 32.1. The molecule has 0 saturated carbocycles. The number of hydrogen-bond acceptors (Lipinski definition) is 6. The van der Waals surface area contributed by atoms with Crippen molar-refractivity contribution in [3.8, 4) is 0 Å². The molecule has 0 fully saturated rings. The predicted molar refractivity (Wildman–Crippen MR) is 194 cm³/mol. The Bertz CT molecular complexity index is 2840. The van der Waals surface area contributed by atoms with Gasteiger partial charge in [0.2, 0.25) is 0 Å². The van der Waals surface area contributed by atoms with Crippen molar-refractivity contribution in [1.82, 2.24) is 9.13 Å². The van der Waals surface area contributed by atoms with Gasteiger partial charge in [-0.05, 0) is 94.4 Å². The van der Waals surface area contributed by atoms with Gasteiger partial charge in [-0.2, -0.15) is 0 Å². The van der Waals surface area contributed by atoms with Crippen molar-refractivity contribution in [2.24, 2.45) is 14.1 Å². The Labute approximate surface area is 297 Å². The van der Waals surface area contributed by atoms with Gasteiger partial charge in [-0.15, -0.1) is 22.7 Å². The van der Waals surface area contributed by atoms with Crippen molar-refractivity contribution in [3.63, 3.8) is 0 Å². The molecule has 12 heteroatoms. The molecule has 0 spiro atoms. The van der Waals surface area contributed by atoms with Crippen molar-refractivity contribution in [1.29, 1.82) is 0 Å². The van der Waals surface area contributed by atoms with Crippen LogP contribution < -0.4 is 0 Å². The topological polar surface area (TPSA) is 78.1 Å². The molecular formula is C40H18F4N2O4S2. The Morgan fingerprint density at radius 3 is 1.04 bits per heavy atom. The summed E-state index contributed by atoms with van der Waals surface area (Å²) in [5.74, 6) is -6.09. The fraction of sp³-hybridized carbons (Fsp3) is 0.0500. The second-order valence-corrected chi connectivity index (χ2v) is 15.1. The van der Waals surface area contributed by atoms with Crippen LogP contribution in [0.1, 0.15) is 52.8 Å². The molecule has 0 bridgehead atoms. The van der Waals surface area contributed by atoms with Crippen molar-refractivity contribution < 1.29 is 36.7 Å². The predicted octanol–water partition coefficient (Wildman–Crippen LogP) is 9.73. The Hall–Kier alpha value is -5.98. The molecule has 0 radical (unpaired) electrons. The minimum Gasteiger partial charge on any atom is -0.342 e. The van der Waals surface area contributed by atoms with Crippen LogP contribution in [0, 0.1) is 23.3 Å². The fourth-order valence-electron chi connectivity index (χ4n) is 7.46. The van der Waals surface area contributed by atoms with Gasteiger partial charge in [0.25, 0.3) is 0 Å². The van der Waals surface area contributed by atoms with Crippen molar-refractivity contribution >= 4 is 109 Å². The monoisotopic (exact) mass is 730 g/mol. The molecule has 4 aromatic carbocycles. The number of fused-ring (bicyclic) bond motifs is 9. The van der Waals surface area contributed by atoms with Crippen LogP contribution in [0.4, 0.5) is 17.6 Å². The SMILES string of the molecule is Cn1c(C=C2C(=O)c3cc4cc(F)c(F)cc4cc3C2=O)cc2sc3c(sc4cc(C=C5C(=O)c6cc7cc(F)c(F)cc7cc6C5=O)n(C)c43)c21. The maximum atomic E-state index is 13.9. The number of halogens is 4. The average molecular weight is 731 g/mol. The van der Waals surface area contributed by atoms with E-state index in [9.17, 15) is 36.7 Å². The molecule has 52 heavy (non-hydrogen) atoms. The first kappa shape index (κ1) is 30.8. The van der Waals surface area contributed by atoms with E-state index in [1.54, 1.807) is 12.2 Å². The molecule has 0 saturated heterocycles. The van der Waals surface area contributed by atoms with Gasteiger partial charge in [0.1, 0.15) is 0 Å². The van der Waals surface area contributed by atoms with E-state index in [0.717, 1.165) is 54.1 Å². The van der Waals surface area contributed by atoms with E-state index < -0.39 is 46.4 Å². The molecule has 252 valence electrons. The van der Waals surface area contributed by atoms with Crippen LogP contribution in [-0.4, -0.2) is 32.3 Å². The Kier molecular flexibility index (Phi) is 6.10. The molecule has 0 atom stereocenters. The largest absolute Gasteiger partial charge is 0.342 e. The number of rotatable bonds is 2. The van der Waals surface area contributed by atoms with Gasteiger partial charge >= 0.3 is 0 Å². The summed E-state index contributed by atoms with van der Waals surface area (Å²) in [5.41, 5.74) is 3.61. The van der Waals surface area contributed by atoms with Crippen LogP contribution in [0.2, 0.25) is 0 Å². The molecular weight excluding hydrogens is 713 g/mol. The number of aromatic nitrogens is 2. The molecule has 0 amide bonds. The lowest BCUT2D eigenvalue weighted by Gasteiger charge is -2.02. The maximum Gasteiger partial charge on any atom is 0.197 e. The lowest BCUT2D eigenvalue weighted by atomic mass is 10.0. The van der Waals surface area contributed by atoms with Gasteiger partial charge in [-0.25, -0.2) is 17.6 Å². The molecule has 4 heterocycles. The molecule has 0 unspecified atom stereocenters. The Balaban J connectivity index is 1.02. The third kappa shape index (κ3) is 4.04. The zero-order valence-electron chi connectivity index (χ0n) is 26.8. The number of carbonyl (C=O) groups is 4. The van der Waals surface area contributed by atoms with Crippen LogP contribution in [0.3, 0.4) is 0 Å². The van der Waals surface area contributed by atoms with Gasteiger partial charge in [0, 0.05) is 47.7 Å². The lowest BCUT2D eigenvalue weighted by molar-refractivity contribution is 0.0975. The summed E-state index contributed by atoms with van der Waals surface area (Å²) in [5, 5.41) is 1.28. The molecule has 4 aromatic heterocycles. The third-order valence-electron chi connectivity index (χ3n) is 10.1. The van der Waals surface area contributed by atoms with Gasteiger partial charge in [-0.1, -0.05) is 0 Å². The molecule has 6 nitrogen and oxygen atoms in total. The summed E-state index contributed by atoms with van der Waals surface area (Å²) in [4.78, 5) is 53.6. The van der Waals surface area contributed by atoms with Gasteiger partial charge in [0.15, 0.2) is 46.4 Å². The third-order valence-corrected chi connectivity index (χ3v) is 12.5. The highest BCUT2D eigenvalue weighted by Crippen LogP contribution is 2.47. The average Bonchev–Trinajstić information content (AvgIpc) is 3.89. The number of thiophene rings is 2. The van der Waals surface area contributed by atoms with E-state index in [1.807, 2.05) is 35.4 Å². The van der Waals surface area contributed by atoms with Crippen molar-refractivity contribution in [3.05, 3.63) is 129 Å². The Morgan fingerprint density at radius 1 is 0.462 bits per heavy atom. The summed E-state index contributed by atoms with van der Waals surface area (Å²) in [6.07, 6.45) is 3.10. The first-order valence-electron chi connectivity index (χ1n) is 15.9. The van der Waals surface area contributed by atoms with Crippen LogP contribution in [0.15, 0.2) is 71.8 Å². The van der Waals surface area contributed by atoms with E-state index in [2.05, 4.69) is 0 Å². The highest BCUT2D eigenvalue weighted by molar-refractivity contribution is 7.36. The van der Waals surface area contributed by atoms with Gasteiger partial charge in [0.05, 0.1) is 41.0 Å². The lowest BCUT2D eigenvalue weighted by Crippen LogP contribution is -2.02. The number of allylic oxidation sites excluding steroid dienone is 2. The summed E-state index contributed by atoms with van der Waals surface area (Å²) in [7, 11) is 3.69. The number of Topliss-reactive ketones (excluding diaryl/α,β-unsaturated/α-hetero) is 4. The van der Waals surface area contributed by atoms with Gasteiger partial charge < -0.3 is 9.13 Å². The fourth-order valence-corrected chi connectivity index (χ4v) is 10.4. The van der Waals surface area contributed by atoms with Crippen molar-refractivity contribution in [2.45, 2.75) is 0 Å². The summed E-state index contributed by atoms with van der Waals surface area (Å²) in [6.45, 7) is 0. The zero-order chi connectivity index (χ0) is 36.1. The van der Waals surface area contributed by atoms with Crippen LogP contribution in [0.5, 0.6) is 0 Å². The summed E-state index contributed by atoms with van der Waals surface area (Å²) >= 11 is 3.06. The zero-order valence-corrected chi connectivity index (χ0v) is 28.4.